The summed E-state index contributed by atoms with van der Waals surface area (Å²) in [6.07, 6.45) is 0. The molecule has 0 fully saturated rings. The summed E-state index contributed by atoms with van der Waals surface area (Å²) in [6, 6.07) is 11.1. The van der Waals surface area contributed by atoms with Crippen LogP contribution in [0.1, 0.15) is 0 Å². The highest BCUT2D eigenvalue weighted by Gasteiger charge is 2.16. The maximum Gasteiger partial charge on any atom is 0.341 e. The van der Waals surface area contributed by atoms with Gasteiger partial charge in [-0.1, -0.05) is 53.0 Å². The maximum absolute atomic E-state index is 10.6. The highest BCUT2D eigenvalue weighted by Crippen LogP contribution is 2.45. The molecule has 0 saturated heterocycles. The fraction of sp³-hybridized carbons (Fsp3) is 0.0625. The van der Waals surface area contributed by atoms with Crippen LogP contribution in [0.5, 0.6) is 5.75 Å². The van der Waals surface area contributed by atoms with Gasteiger partial charge >= 0.3 is 5.97 Å². The summed E-state index contributed by atoms with van der Waals surface area (Å²) in [6.45, 7) is -0.483. The monoisotopic (exact) mass is 386 g/mol. The van der Waals surface area contributed by atoms with Crippen molar-refractivity contribution in [3.63, 3.8) is 0 Å². The molecule has 2 aromatic carbocycles. The number of thiophene rings is 1. The van der Waals surface area contributed by atoms with Crippen molar-refractivity contribution in [3.05, 3.63) is 51.5 Å². The molecule has 3 nitrogen and oxygen atoms in total. The lowest BCUT2D eigenvalue weighted by Gasteiger charge is -2.07. The molecule has 118 valence electrons. The quantitative estimate of drug-likeness (QED) is 0.598. The van der Waals surface area contributed by atoms with Gasteiger partial charge in [-0.2, -0.15) is 0 Å². The zero-order valence-electron chi connectivity index (χ0n) is 11.5. The summed E-state index contributed by atoms with van der Waals surface area (Å²) in [5.74, 6) is -0.838. The number of carbonyl (C=O) groups is 1. The number of hydrogen-bond acceptors (Lipinski definition) is 3. The molecule has 0 amide bonds. The van der Waals surface area contributed by atoms with E-state index in [4.69, 9.17) is 44.6 Å². The predicted octanol–water partition coefficient (Wildman–Crippen LogP) is 5.99. The zero-order chi connectivity index (χ0) is 16.6. The standard InChI is InChI=1S/C16H9Cl3O3S/c17-10-4-2-1-3-9(10)12-6-8-5-11(22-7-13(20)21)14(18)15(19)16(8)23-12/h1-6H,7H2,(H,20,21). The molecule has 0 saturated carbocycles. The number of fused-ring (bicyclic) bond motifs is 1. The van der Waals surface area contributed by atoms with E-state index >= 15 is 0 Å². The van der Waals surface area contributed by atoms with Crippen molar-refractivity contribution in [1.82, 2.24) is 0 Å². The molecule has 3 rings (SSSR count). The predicted molar refractivity (Wildman–Crippen MR) is 95.4 cm³/mol. The molecule has 1 heterocycles. The average Bonchev–Trinajstić information content (AvgIpc) is 2.93. The third-order valence-electron chi connectivity index (χ3n) is 3.15. The van der Waals surface area contributed by atoms with Gasteiger partial charge in [0.1, 0.15) is 10.8 Å². The normalized spacial score (nSPS) is 10.9. The molecule has 0 spiro atoms. The van der Waals surface area contributed by atoms with Crippen LogP contribution in [-0.2, 0) is 4.79 Å². The molecule has 0 radical (unpaired) electrons. The Bertz CT molecular complexity index is 905. The summed E-state index contributed by atoms with van der Waals surface area (Å²) in [5.41, 5.74) is 0.899. The molecule has 3 aromatic rings. The number of ether oxygens (including phenoxy) is 1. The Labute approximate surface area is 151 Å². The van der Waals surface area contributed by atoms with E-state index in [1.54, 1.807) is 6.07 Å². The summed E-state index contributed by atoms with van der Waals surface area (Å²) in [4.78, 5) is 11.6. The second kappa shape index (κ2) is 6.57. The molecule has 1 aromatic heterocycles. The first-order valence-corrected chi connectivity index (χ1v) is 8.43. The minimum Gasteiger partial charge on any atom is -0.480 e. The Morgan fingerprint density at radius 3 is 2.57 bits per heavy atom. The van der Waals surface area contributed by atoms with Gasteiger partial charge in [-0.3, -0.25) is 0 Å². The van der Waals surface area contributed by atoms with Crippen LogP contribution in [0.4, 0.5) is 0 Å². The highest BCUT2D eigenvalue weighted by molar-refractivity contribution is 7.23. The Morgan fingerprint density at radius 2 is 1.87 bits per heavy atom. The average molecular weight is 388 g/mol. The van der Waals surface area contributed by atoms with Crippen molar-refractivity contribution in [2.24, 2.45) is 0 Å². The maximum atomic E-state index is 10.6. The number of carboxylic acids is 1. The van der Waals surface area contributed by atoms with Gasteiger partial charge in [0.05, 0.1) is 9.72 Å². The number of benzene rings is 2. The minimum absolute atomic E-state index is 0.202. The van der Waals surface area contributed by atoms with Gasteiger partial charge in [-0.25, -0.2) is 4.79 Å². The van der Waals surface area contributed by atoms with Crippen molar-refractivity contribution < 1.29 is 14.6 Å². The van der Waals surface area contributed by atoms with Gasteiger partial charge in [-0.05, 0) is 23.6 Å². The summed E-state index contributed by atoms with van der Waals surface area (Å²) < 4.78 is 5.99. The van der Waals surface area contributed by atoms with Crippen molar-refractivity contribution in [2.45, 2.75) is 0 Å². The lowest BCUT2D eigenvalue weighted by atomic mass is 10.1. The third kappa shape index (κ3) is 3.26. The molecule has 7 heteroatoms. The van der Waals surface area contributed by atoms with E-state index in [1.165, 1.54) is 11.3 Å². The summed E-state index contributed by atoms with van der Waals surface area (Å²) in [5, 5.41) is 10.7. The second-order valence-electron chi connectivity index (χ2n) is 4.69. The van der Waals surface area contributed by atoms with Gasteiger partial charge in [0.2, 0.25) is 0 Å². The van der Waals surface area contributed by atoms with Gasteiger partial charge in [0.25, 0.3) is 0 Å². The Balaban J connectivity index is 2.11. The lowest BCUT2D eigenvalue weighted by molar-refractivity contribution is -0.139. The minimum atomic E-state index is -1.08. The van der Waals surface area contributed by atoms with Crippen LogP contribution < -0.4 is 4.74 Å². The van der Waals surface area contributed by atoms with Gasteiger partial charge in [0, 0.05) is 15.5 Å². The van der Waals surface area contributed by atoms with Crippen LogP contribution in [0.25, 0.3) is 20.5 Å². The molecule has 23 heavy (non-hydrogen) atoms. The molecular weight excluding hydrogens is 379 g/mol. The number of hydrogen-bond donors (Lipinski definition) is 1. The molecule has 0 unspecified atom stereocenters. The Morgan fingerprint density at radius 1 is 1.13 bits per heavy atom. The first kappa shape index (κ1) is 16.4. The molecule has 0 aliphatic heterocycles. The van der Waals surface area contributed by atoms with E-state index in [2.05, 4.69) is 0 Å². The van der Waals surface area contributed by atoms with Crippen LogP contribution in [-0.4, -0.2) is 17.7 Å². The molecular formula is C16H9Cl3O3S. The summed E-state index contributed by atoms with van der Waals surface area (Å²) in [7, 11) is 0. The zero-order valence-corrected chi connectivity index (χ0v) is 14.6. The number of carboxylic acid groups (broad SMARTS) is 1. The lowest BCUT2D eigenvalue weighted by Crippen LogP contribution is -2.09. The second-order valence-corrected chi connectivity index (χ2v) is 6.91. The van der Waals surface area contributed by atoms with Crippen LogP contribution in [0.2, 0.25) is 15.1 Å². The highest BCUT2D eigenvalue weighted by atomic mass is 35.5. The largest absolute Gasteiger partial charge is 0.480 e. The Hall–Kier alpha value is -1.46. The number of rotatable bonds is 4. The van der Waals surface area contributed by atoms with E-state index in [-0.39, 0.29) is 10.8 Å². The fourth-order valence-corrected chi connectivity index (χ4v) is 4.13. The van der Waals surface area contributed by atoms with E-state index in [1.807, 2.05) is 30.3 Å². The fourth-order valence-electron chi connectivity index (χ4n) is 2.13. The smallest absolute Gasteiger partial charge is 0.341 e. The molecule has 1 N–H and O–H groups in total. The van der Waals surface area contributed by atoms with E-state index in [0.29, 0.717) is 10.0 Å². The molecule has 0 aliphatic rings. The van der Waals surface area contributed by atoms with Crippen LogP contribution in [0.15, 0.2) is 36.4 Å². The van der Waals surface area contributed by atoms with E-state index < -0.39 is 12.6 Å². The van der Waals surface area contributed by atoms with Crippen LogP contribution in [0.3, 0.4) is 0 Å². The topological polar surface area (TPSA) is 46.5 Å². The van der Waals surface area contributed by atoms with Crippen molar-refractivity contribution in [3.8, 4) is 16.2 Å². The molecule has 0 atom stereocenters. The van der Waals surface area contributed by atoms with Gasteiger partial charge < -0.3 is 9.84 Å². The number of aliphatic carboxylic acids is 1. The first-order chi connectivity index (χ1) is 11.0. The van der Waals surface area contributed by atoms with Gasteiger partial charge in [-0.15, -0.1) is 11.3 Å². The van der Waals surface area contributed by atoms with E-state index in [9.17, 15) is 4.79 Å². The first-order valence-electron chi connectivity index (χ1n) is 6.48. The van der Waals surface area contributed by atoms with Crippen molar-refractivity contribution in [2.75, 3.05) is 6.61 Å². The van der Waals surface area contributed by atoms with Crippen LogP contribution >= 0.6 is 46.1 Å². The SMILES string of the molecule is O=C(O)COc1cc2cc(-c3ccccc3Cl)sc2c(Cl)c1Cl. The molecule has 0 bridgehead atoms. The molecule has 0 aliphatic carbocycles. The van der Waals surface area contributed by atoms with Crippen molar-refractivity contribution >= 4 is 62.2 Å². The van der Waals surface area contributed by atoms with E-state index in [0.717, 1.165) is 20.5 Å². The van der Waals surface area contributed by atoms with Crippen LogP contribution in [0, 0.1) is 0 Å². The third-order valence-corrected chi connectivity index (χ3v) is 5.64. The van der Waals surface area contributed by atoms with Crippen molar-refractivity contribution in [1.29, 1.82) is 0 Å². The summed E-state index contributed by atoms with van der Waals surface area (Å²) >= 11 is 20.2. The van der Waals surface area contributed by atoms with Gasteiger partial charge in [0.15, 0.2) is 6.61 Å². The Kier molecular flexibility index (Phi) is 4.69. The number of halogens is 3.